The fraction of sp³-hybridized carbons (Fsp3) is 0.154. The van der Waals surface area contributed by atoms with Gasteiger partial charge >= 0.3 is 6.18 Å². The average Bonchev–Trinajstić information content (AvgIpc) is 3.06. The van der Waals surface area contributed by atoms with E-state index in [2.05, 4.69) is 15.3 Å². The monoisotopic (exact) mass is 310 g/mol. The van der Waals surface area contributed by atoms with Gasteiger partial charge in [0, 0.05) is 18.0 Å². The predicted octanol–water partition coefficient (Wildman–Crippen LogP) is 3.62. The summed E-state index contributed by atoms with van der Waals surface area (Å²) in [6.45, 7) is 0. The molecule has 21 heavy (non-hydrogen) atoms. The van der Waals surface area contributed by atoms with Gasteiger partial charge in [-0.1, -0.05) is 23.4 Å². The number of hydrogen-bond acceptors (Lipinski definition) is 4. The average molecular weight is 310 g/mol. The van der Waals surface area contributed by atoms with Crippen LogP contribution in [-0.2, 0) is 13.2 Å². The second kappa shape index (κ2) is 4.96. The molecule has 3 aromatic rings. The first-order chi connectivity index (χ1) is 9.95. The number of thiazole rings is 1. The summed E-state index contributed by atoms with van der Waals surface area (Å²) >= 11 is 1.24. The maximum Gasteiger partial charge on any atom is 0.417 e. The molecule has 0 bridgehead atoms. The molecule has 0 N–H and O–H groups in total. The van der Waals surface area contributed by atoms with Crippen LogP contribution in [0.4, 0.5) is 13.2 Å². The molecule has 1 aromatic carbocycles. The van der Waals surface area contributed by atoms with Crippen molar-refractivity contribution in [3.8, 4) is 22.0 Å². The topological polar surface area (TPSA) is 43.6 Å². The molecule has 4 nitrogen and oxygen atoms in total. The SMILES string of the molecule is Cn1cc(-c2nc(-c3ccccc3C(F)(F)F)cs2)nn1. The highest BCUT2D eigenvalue weighted by molar-refractivity contribution is 7.13. The molecule has 8 heteroatoms. The smallest absolute Gasteiger partial charge is 0.255 e. The Kier molecular flexibility index (Phi) is 3.25. The molecule has 0 unspecified atom stereocenters. The zero-order valence-corrected chi connectivity index (χ0v) is 11.6. The molecule has 0 fully saturated rings. The Morgan fingerprint density at radius 3 is 2.57 bits per heavy atom. The summed E-state index contributed by atoms with van der Waals surface area (Å²) in [5, 5.41) is 9.82. The first kappa shape index (κ1) is 13.7. The van der Waals surface area contributed by atoms with Gasteiger partial charge in [-0.05, 0) is 6.07 Å². The molecule has 0 radical (unpaired) electrons. The number of alkyl halides is 3. The van der Waals surface area contributed by atoms with Crippen LogP contribution in [-0.4, -0.2) is 20.0 Å². The van der Waals surface area contributed by atoms with Gasteiger partial charge in [-0.2, -0.15) is 13.2 Å². The second-order valence-electron chi connectivity index (χ2n) is 4.36. The van der Waals surface area contributed by atoms with E-state index < -0.39 is 11.7 Å². The van der Waals surface area contributed by atoms with Crippen LogP contribution >= 0.6 is 11.3 Å². The van der Waals surface area contributed by atoms with E-state index in [-0.39, 0.29) is 11.3 Å². The van der Waals surface area contributed by atoms with Crippen LogP contribution in [0.2, 0.25) is 0 Å². The van der Waals surface area contributed by atoms with Crippen LogP contribution in [0.15, 0.2) is 35.8 Å². The number of halogens is 3. The molecule has 2 heterocycles. The van der Waals surface area contributed by atoms with E-state index in [4.69, 9.17) is 0 Å². The zero-order valence-electron chi connectivity index (χ0n) is 10.8. The van der Waals surface area contributed by atoms with Crippen molar-refractivity contribution >= 4 is 11.3 Å². The third-order valence-electron chi connectivity index (χ3n) is 2.83. The van der Waals surface area contributed by atoms with Gasteiger partial charge in [-0.3, -0.25) is 4.68 Å². The summed E-state index contributed by atoms with van der Waals surface area (Å²) in [6, 6.07) is 5.39. The lowest BCUT2D eigenvalue weighted by Crippen LogP contribution is -2.06. The Hall–Kier alpha value is -2.22. The van der Waals surface area contributed by atoms with Crippen LogP contribution in [0.3, 0.4) is 0 Å². The summed E-state index contributed by atoms with van der Waals surface area (Å²) < 4.78 is 40.6. The molecular formula is C13H9F3N4S. The van der Waals surface area contributed by atoms with Gasteiger partial charge in [0.15, 0.2) is 0 Å². The Labute approximate surface area is 121 Å². The normalized spacial score (nSPS) is 11.8. The van der Waals surface area contributed by atoms with Crippen LogP contribution < -0.4 is 0 Å². The minimum atomic E-state index is -4.41. The number of hydrogen-bond donors (Lipinski definition) is 0. The molecule has 108 valence electrons. The van der Waals surface area contributed by atoms with Crippen LogP contribution in [0.5, 0.6) is 0 Å². The maximum absolute atomic E-state index is 13.0. The van der Waals surface area contributed by atoms with Gasteiger partial charge in [0.2, 0.25) is 0 Å². The van der Waals surface area contributed by atoms with Gasteiger partial charge in [-0.15, -0.1) is 16.4 Å². The minimum absolute atomic E-state index is 0.0661. The first-order valence-electron chi connectivity index (χ1n) is 5.94. The van der Waals surface area contributed by atoms with Crippen molar-refractivity contribution in [3.05, 3.63) is 41.4 Å². The Morgan fingerprint density at radius 2 is 1.90 bits per heavy atom. The largest absolute Gasteiger partial charge is 0.417 e. The molecule has 0 aliphatic heterocycles. The van der Waals surface area contributed by atoms with Crippen molar-refractivity contribution in [2.24, 2.45) is 7.05 Å². The maximum atomic E-state index is 13.0. The quantitative estimate of drug-likeness (QED) is 0.726. The van der Waals surface area contributed by atoms with Gasteiger partial charge in [-0.25, -0.2) is 4.98 Å². The molecular weight excluding hydrogens is 301 g/mol. The molecule has 0 aliphatic rings. The van der Waals surface area contributed by atoms with Gasteiger partial charge in [0.25, 0.3) is 0 Å². The van der Waals surface area contributed by atoms with Gasteiger partial charge in [0.05, 0.1) is 17.5 Å². The molecule has 2 aromatic heterocycles. The highest BCUT2D eigenvalue weighted by atomic mass is 32.1. The minimum Gasteiger partial charge on any atom is -0.255 e. The highest BCUT2D eigenvalue weighted by Gasteiger charge is 2.33. The summed E-state index contributed by atoms with van der Waals surface area (Å²) in [5.41, 5.74) is 0.198. The highest BCUT2D eigenvalue weighted by Crippen LogP contribution is 2.38. The first-order valence-corrected chi connectivity index (χ1v) is 6.82. The van der Waals surface area contributed by atoms with Crippen molar-refractivity contribution in [1.29, 1.82) is 0 Å². The number of aryl methyl sites for hydroxylation is 1. The van der Waals surface area contributed by atoms with Crippen LogP contribution in [0.25, 0.3) is 22.0 Å². The van der Waals surface area contributed by atoms with Gasteiger partial charge < -0.3 is 0 Å². The summed E-state index contributed by atoms with van der Waals surface area (Å²) in [4.78, 5) is 4.24. The Bertz CT molecular complexity index is 776. The molecule has 0 saturated carbocycles. The molecule has 0 amide bonds. The van der Waals surface area contributed by atoms with E-state index in [1.807, 2.05) is 0 Å². The zero-order chi connectivity index (χ0) is 15.0. The number of nitrogens with zero attached hydrogens (tertiary/aromatic N) is 4. The van der Waals surface area contributed by atoms with Gasteiger partial charge in [0.1, 0.15) is 10.7 Å². The van der Waals surface area contributed by atoms with Crippen molar-refractivity contribution in [2.75, 3.05) is 0 Å². The fourth-order valence-electron chi connectivity index (χ4n) is 1.91. The summed E-state index contributed by atoms with van der Waals surface area (Å²) in [6.07, 6.45) is -2.74. The molecule has 0 spiro atoms. The molecule has 3 rings (SSSR count). The third kappa shape index (κ3) is 2.66. The van der Waals surface area contributed by atoms with Crippen LogP contribution in [0, 0.1) is 0 Å². The van der Waals surface area contributed by atoms with E-state index >= 15 is 0 Å². The van der Waals surface area contributed by atoms with E-state index in [1.165, 1.54) is 28.2 Å². The number of benzene rings is 1. The second-order valence-corrected chi connectivity index (χ2v) is 5.22. The van der Waals surface area contributed by atoms with Crippen LogP contribution in [0.1, 0.15) is 5.56 Å². The molecule has 0 aliphatic carbocycles. The molecule has 0 atom stereocenters. The molecule has 0 saturated heterocycles. The number of aromatic nitrogens is 4. The van der Waals surface area contributed by atoms with Crippen molar-refractivity contribution in [1.82, 2.24) is 20.0 Å². The van der Waals surface area contributed by atoms with E-state index in [0.29, 0.717) is 10.7 Å². The third-order valence-corrected chi connectivity index (χ3v) is 3.70. The fourth-order valence-corrected chi connectivity index (χ4v) is 2.68. The van der Waals surface area contributed by atoms with E-state index in [0.717, 1.165) is 6.07 Å². The van der Waals surface area contributed by atoms with E-state index in [9.17, 15) is 13.2 Å². The standard InChI is InChI=1S/C13H9F3N4S/c1-20-6-10(18-19-20)12-17-11(7-21-12)8-4-2-3-5-9(8)13(14,15)16/h2-7H,1H3. The summed E-state index contributed by atoms with van der Waals surface area (Å²) in [7, 11) is 1.71. The lowest BCUT2D eigenvalue weighted by atomic mass is 10.1. The van der Waals surface area contributed by atoms with Crippen molar-refractivity contribution in [2.45, 2.75) is 6.18 Å². The lowest BCUT2D eigenvalue weighted by molar-refractivity contribution is -0.137. The van der Waals surface area contributed by atoms with Crippen molar-refractivity contribution in [3.63, 3.8) is 0 Å². The summed E-state index contributed by atoms with van der Waals surface area (Å²) in [5.74, 6) is 0. The number of rotatable bonds is 2. The Morgan fingerprint density at radius 1 is 1.14 bits per heavy atom. The predicted molar refractivity (Wildman–Crippen MR) is 72.5 cm³/mol. The van der Waals surface area contributed by atoms with E-state index in [1.54, 1.807) is 24.7 Å². The van der Waals surface area contributed by atoms with Crippen molar-refractivity contribution < 1.29 is 13.2 Å². The lowest BCUT2D eigenvalue weighted by Gasteiger charge is -2.10. The Balaban J connectivity index is 2.05.